The maximum atomic E-state index is 13.5. The standard InChI is InChI=1S/C25H30F2N2.C2H7N/c1-5-7-9-21(8-6-2)16-17-29(24-15-10-20(3)18-28-24)19-22-11-13-23(14-12-22)25(4,26)27;1-2-3/h5-15,18H,16-17,19H2,1-4H3;2-3H2,1H3/b7-5+,8-6-,21-9+;. The second-order valence-electron chi connectivity index (χ2n) is 7.63. The fourth-order valence-electron chi connectivity index (χ4n) is 2.97. The SMILES string of the molecule is CCN.C\C=C/C(=C\C=C\C)CCN(Cc1ccc(C(C)(F)F)cc1)c1ccc(C)cn1. The maximum Gasteiger partial charge on any atom is 0.270 e. The molecular formula is C27H37F2N3. The molecule has 2 aromatic rings. The monoisotopic (exact) mass is 441 g/mol. The number of hydrogen-bond donors (Lipinski definition) is 1. The average molecular weight is 442 g/mol. The molecule has 32 heavy (non-hydrogen) atoms. The van der Waals surface area contributed by atoms with Crippen LogP contribution in [0.25, 0.3) is 0 Å². The van der Waals surface area contributed by atoms with Gasteiger partial charge in [-0.3, -0.25) is 0 Å². The second kappa shape index (κ2) is 14.3. The van der Waals surface area contributed by atoms with Crippen molar-refractivity contribution in [2.75, 3.05) is 18.0 Å². The first-order valence-electron chi connectivity index (χ1n) is 11.0. The van der Waals surface area contributed by atoms with Crippen LogP contribution in [0.3, 0.4) is 0 Å². The van der Waals surface area contributed by atoms with Crippen molar-refractivity contribution in [3.8, 4) is 0 Å². The Labute approximate surface area is 192 Å². The fraction of sp³-hybridized carbons (Fsp3) is 0.370. The van der Waals surface area contributed by atoms with E-state index in [2.05, 4.69) is 22.0 Å². The number of allylic oxidation sites excluding steroid dienone is 5. The Bertz CT molecular complexity index is 861. The predicted octanol–water partition coefficient (Wildman–Crippen LogP) is 6.94. The number of pyridine rings is 1. The third kappa shape index (κ3) is 10.0. The van der Waals surface area contributed by atoms with Crippen LogP contribution in [-0.2, 0) is 12.5 Å². The van der Waals surface area contributed by atoms with Gasteiger partial charge in [-0.1, -0.05) is 67.6 Å². The zero-order chi connectivity index (χ0) is 24.0. The second-order valence-corrected chi connectivity index (χ2v) is 7.63. The van der Waals surface area contributed by atoms with Crippen LogP contribution in [0, 0.1) is 6.92 Å². The molecular weight excluding hydrogens is 404 g/mol. The smallest absolute Gasteiger partial charge is 0.270 e. The molecule has 0 atom stereocenters. The first-order valence-corrected chi connectivity index (χ1v) is 11.0. The topological polar surface area (TPSA) is 42.1 Å². The number of benzene rings is 1. The first-order chi connectivity index (χ1) is 15.2. The molecule has 5 heteroatoms. The van der Waals surface area contributed by atoms with E-state index >= 15 is 0 Å². The number of aromatic nitrogens is 1. The van der Waals surface area contributed by atoms with Crippen LogP contribution in [0.2, 0.25) is 0 Å². The van der Waals surface area contributed by atoms with Gasteiger partial charge in [0, 0.05) is 31.8 Å². The van der Waals surface area contributed by atoms with Crippen molar-refractivity contribution >= 4 is 5.82 Å². The van der Waals surface area contributed by atoms with Crippen molar-refractivity contribution in [2.45, 2.75) is 53.5 Å². The van der Waals surface area contributed by atoms with Gasteiger partial charge < -0.3 is 10.6 Å². The van der Waals surface area contributed by atoms with Gasteiger partial charge in [0.05, 0.1) is 0 Å². The van der Waals surface area contributed by atoms with E-state index in [0.29, 0.717) is 6.54 Å². The molecule has 2 N–H and O–H groups in total. The van der Waals surface area contributed by atoms with Gasteiger partial charge in [0.1, 0.15) is 5.82 Å². The summed E-state index contributed by atoms with van der Waals surface area (Å²) in [5.41, 5.74) is 8.19. The highest BCUT2D eigenvalue weighted by atomic mass is 19.3. The van der Waals surface area contributed by atoms with Crippen LogP contribution in [0.4, 0.5) is 14.6 Å². The molecule has 1 aromatic heterocycles. The number of nitrogens with two attached hydrogens (primary N) is 1. The van der Waals surface area contributed by atoms with E-state index in [1.165, 1.54) is 17.7 Å². The van der Waals surface area contributed by atoms with Crippen LogP contribution >= 0.6 is 0 Å². The van der Waals surface area contributed by atoms with E-state index in [4.69, 9.17) is 5.73 Å². The molecule has 0 fully saturated rings. The molecule has 1 aromatic carbocycles. The van der Waals surface area contributed by atoms with E-state index < -0.39 is 5.92 Å². The van der Waals surface area contributed by atoms with Gasteiger partial charge in [0.2, 0.25) is 0 Å². The van der Waals surface area contributed by atoms with Crippen LogP contribution in [0.1, 0.15) is 50.8 Å². The Kier molecular flexibility index (Phi) is 12.2. The largest absolute Gasteiger partial charge is 0.352 e. The van der Waals surface area contributed by atoms with Gasteiger partial charge in [-0.2, -0.15) is 0 Å². The summed E-state index contributed by atoms with van der Waals surface area (Å²) in [6, 6.07) is 10.6. The first kappa shape index (κ1) is 27.2. The zero-order valence-electron chi connectivity index (χ0n) is 20.0. The van der Waals surface area contributed by atoms with E-state index in [1.807, 2.05) is 64.3 Å². The normalized spacial score (nSPS) is 12.2. The molecule has 0 spiro atoms. The van der Waals surface area contributed by atoms with Crippen LogP contribution in [-0.4, -0.2) is 18.1 Å². The quantitative estimate of drug-likeness (QED) is 0.429. The molecule has 0 radical (unpaired) electrons. The summed E-state index contributed by atoms with van der Waals surface area (Å²) in [4.78, 5) is 6.76. The molecule has 174 valence electrons. The van der Waals surface area contributed by atoms with Crippen molar-refractivity contribution in [3.63, 3.8) is 0 Å². The van der Waals surface area contributed by atoms with Crippen LogP contribution in [0.5, 0.6) is 0 Å². The van der Waals surface area contributed by atoms with Gasteiger partial charge >= 0.3 is 0 Å². The van der Waals surface area contributed by atoms with Crippen molar-refractivity contribution in [1.29, 1.82) is 0 Å². The molecule has 0 aliphatic heterocycles. The molecule has 3 nitrogen and oxygen atoms in total. The number of nitrogens with zero attached hydrogens (tertiary/aromatic N) is 2. The Morgan fingerprint density at radius 2 is 1.75 bits per heavy atom. The van der Waals surface area contributed by atoms with E-state index in [0.717, 1.165) is 43.4 Å². The number of aryl methyl sites for hydroxylation is 1. The molecule has 0 aliphatic rings. The minimum atomic E-state index is -2.82. The van der Waals surface area contributed by atoms with Gasteiger partial charge in [0.15, 0.2) is 0 Å². The lowest BCUT2D eigenvalue weighted by Gasteiger charge is -2.24. The highest BCUT2D eigenvalue weighted by molar-refractivity contribution is 5.41. The fourth-order valence-corrected chi connectivity index (χ4v) is 2.97. The Morgan fingerprint density at radius 1 is 1.09 bits per heavy atom. The molecule has 0 unspecified atom stereocenters. The summed E-state index contributed by atoms with van der Waals surface area (Å²) >= 11 is 0. The van der Waals surface area contributed by atoms with Crippen LogP contribution in [0.15, 0.2) is 78.5 Å². The Morgan fingerprint density at radius 3 is 2.25 bits per heavy atom. The molecule has 1 heterocycles. The average Bonchev–Trinajstić information content (AvgIpc) is 2.75. The minimum Gasteiger partial charge on any atom is -0.352 e. The van der Waals surface area contributed by atoms with Crippen molar-refractivity contribution < 1.29 is 8.78 Å². The lowest BCUT2D eigenvalue weighted by atomic mass is 10.1. The lowest BCUT2D eigenvalue weighted by Crippen LogP contribution is -2.25. The van der Waals surface area contributed by atoms with Gasteiger partial charge in [-0.25, -0.2) is 13.8 Å². The minimum absolute atomic E-state index is 0.0333. The van der Waals surface area contributed by atoms with Gasteiger partial charge in [0.25, 0.3) is 5.92 Å². The summed E-state index contributed by atoms with van der Waals surface area (Å²) in [6.07, 6.45) is 13.0. The van der Waals surface area contributed by atoms with E-state index in [1.54, 1.807) is 12.1 Å². The summed E-state index contributed by atoms with van der Waals surface area (Å²) in [7, 11) is 0. The van der Waals surface area contributed by atoms with E-state index in [-0.39, 0.29) is 5.56 Å². The van der Waals surface area contributed by atoms with Gasteiger partial charge in [-0.05, 0) is 56.5 Å². The summed E-state index contributed by atoms with van der Waals surface area (Å²) in [5.74, 6) is -1.94. The highest BCUT2D eigenvalue weighted by Gasteiger charge is 2.23. The number of alkyl halides is 2. The summed E-state index contributed by atoms with van der Waals surface area (Å²) in [6.45, 7) is 11.0. The highest BCUT2D eigenvalue weighted by Crippen LogP contribution is 2.27. The van der Waals surface area contributed by atoms with Crippen molar-refractivity contribution in [1.82, 2.24) is 4.98 Å². The van der Waals surface area contributed by atoms with Gasteiger partial charge in [-0.15, -0.1) is 0 Å². The number of rotatable bonds is 9. The van der Waals surface area contributed by atoms with Crippen molar-refractivity contribution in [2.24, 2.45) is 5.73 Å². The third-order valence-corrected chi connectivity index (χ3v) is 4.61. The zero-order valence-corrected chi connectivity index (χ0v) is 20.0. The molecule has 0 saturated carbocycles. The Hall–Kier alpha value is -2.79. The lowest BCUT2D eigenvalue weighted by molar-refractivity contribution is 0.0174. The van der Waals surface area contributed by atoms with Crippen molar-refractivity contribution in [3.05, 3.63) is 95.2 Å². The molecule has 0 bridgehead atoms. The predicted molar refractivity (Wildman–Crippen MR) is 133 cm³/mol. The number of hydrogen-bond acceptors (Lipinski definition) is 3. The molecule has 0 saturated heterocycles. The summed E-state index contributed by atoms with van der Waals surface area (Å²) in [5, 5.41) is 0. The third-order valence-electron chi connectivity index (χ3n) is 4.61. The molecule has 2 rings (SSSR count). The molecule has 0 aliphatic carbocycles. The maximum absolute atomic E-state index is 13.5. The number of halogens is 2. The Balaban J connectivity index is 0.00000161. The van der Waals surface area contributed by atoms with E-state index in [9.17, 15) is 8.78 Å². The summed E-state index contributed by atoms with van der Waals surface area (Å²) < 4.78 is 27.0. The molecule has 0 amide bonds. The van der Waals surface area contributed by atoms with Crippen LogP contribution < -0.4 is 10.6 Å². The number of anilines is 1.